The van der Waals surface area contributed by atoms with E-state index in [1.165, 1.54) is 5.56 Å². The molecule has 1 aliphatic heterocycles. The molecule has 29 heavy (non-hydrogen) atoms. The number of rotatable bonds is 9. The van der Waals surface area contributed by atoms with E-state index in [4.69, 9.17) is 14.5 Å². The molecule has 1 fully saturated rings. The van der Waals surface area contributed by atoms with Crippen LogP contribution in [0.4, 0.5) is 0 Å². The predicted molar refractivity (Wildman–Crippen MR) is 115 cm³/mol. The number of guanidine groups is 1. The second-order valence-corrected chi connectivity index (χ2v) is 7.12. The minimum Gasteiger partial charge on any atom is -0.497 e. The maximum Gasteiger partial charge on any atom is 0.223 e. The van der Waals surface area contributed by atoms with Crippen molar-refractivity contribution in [2.75, 3.05) is 67.1 Å². The summed E-state index contributed by atoms with van der Waals surface area (Å²) in [5.74, 6) is 1.67. The van der Waals surface area contributed by atoms with E-state index in [0.717, 1.165) is 44.6 Å². The van der Waals surface area contributed by atoms with Crippen LogP contribution in [0.15, 0.2) is 29.3 Å². The van der Waals surface area contributed by atoms with E-state index in [-0.39, 0.29) is 11.9 Å². The van der Waals surface area contributed by atoms with Crippen LogP contribution in [0.1, 0.15) is 24.9 Å². The summed E-state index contributed by atoms with van der Waals surface area (Å²) >= 11 is 0. The van der Waals surface area contributed by atoms with Gasteiger partial charge in [-0.3, -0.25) is 14.7 Å². The second-order valence-electron chi connectivity index (χ2n) is 7.12. The molecular formula is C21H35N5O3. The third-order valence-corrected chi connectivity index (χ3v) is 4.88. The molecule has 1 aliphatic rings. The number of methoxy groups -OCH3 is 1. The smallest absolute Gasteiger partial charge is 0.223 e. The molecule has 8 nitrogen and oxygen atoms in total. The van der Waals surface area contributed by atoms with Crippen molar-refractivity contribution in [3.05, 3.63) is 29.8 Å². The number of benzene rings is 1. The van der Waals surface area contributed by atoms with Gasteiger partial charge in [-0.1, -0.05) is 12.1 Å². The summed E-state index contributed by atoms with van der Waals surface area (Å²) in [7, 11) is 5.21. The predicted octanol–water partition coefficient (Wildman–Crippen LogP) is 1.10. The standard InChI is InChI=1S/C21H35N5O3/c1-5-22-21(23-11-10-20(27)25(2)3)24-16-19(26-12-14-29-15-13-26)17-6-8-18(28-4)9-7-17/h6-9,19H,5,10-16H2,1-4H3,(H2,22,23,24). The molecule has 0 aromatic heterocycles. The Morgan fingerprint density at radius 3 is 2.52 bits per heavy atom. The van der Waals surface area contributed by atoms with Gasteiger partial charge in [0, 0.05) is 46.7 Å². The van der Waals surface area contributed by atoms with Crippen LogP contribution in [-0.4, -0.2) is 88.8 Å². The van der Waals surface area contributed by atoms with Crippen molar-refractivity contribution in [1.82, 2.24) is 20.4 Å². The Kier molecular flexibility index (Phi) is 9.73. The maximum absolute atomic E-state index is 11.8. The zero-order valence-corrected chi connectivity index (χ0v) is 18.1. The van der Waals surface area contributed by atoms with E-state index in [1.54, 1.807) is 26.1 Å². The van der Waals surface area contributed by atoms with Gasteiger partial charge in [-0.05, 0) is 24.6 Å². The van der Waals surface area contributed by atoms with Crippen molar-refractivity contribution in [2.24, 2.45) is 4.99 Å². The largest absolute Gasteiger partial charge is 0.497 e. The van der Waals surface area contributed by atoms with Gasteiger partial charge in [0.2, 0.25) is 5.91 Å². The van der Waals surface area contributed by atoms with Gasteiger partial charge in [-0.15, -0.1) is 0 Å². The van der Waals surface area contributed by atoms with Crippen LogP contribution in [0, 0.1) is 0 Å². The molecule has 0 saturated carbocycles. The van der Waals surface area contributed by atoms with Crippen LogP contribution in [0.25, 0.3) is 0 Å². The van der Waals surface area contributed by atoms with E-state index in [2.05, 4.69) is 27.7 Å². The molecule has 2 rings (SSSR count). The van der Waals surface area contributed by atoms with Crippen molar-refractivity contribution in [1.29, 1.82) is 0 Å². The Balaban J connectivity index is 2.08. The quantitative estimate of drug-likeness (QED) is 0.473. The van der Waals surface area contributed by atoms with Crippen LogP contribution in [0.5, 0.6) is 5.75 Å². The van der Waals surface area contributed by atoms with Gasteiger partial charge < -0.3 is 25.0 Å². The molecule has 0 aliphatic carbocycles. The highest BCUT2D eigenvalue weighted by Crippen LogP contribution is 2.24. The topological polar surface area (TPSA) is 78.4 Å². The number of carbonyl (C=O) groups excluding carboxylic acids is 1. The molecular weight excluding hydrogens is 370 g/mol. The fraction of sp³-hybridized carbons (Fsp3) is 0.619. The molecule has 1 saturated heterocycles. The number of hydrogen-bond donors (Lipinski definition) is 2. The van der Waals surface area contributed by atoms with Crippen LogP contribution in [-0.2, 0) is 9.53 Å². The summed E-state index contributed by atoms with van der Waals surface area (Å²) in [6.45, 7) is 7.20. The Morgan fingerprint density at radius 2 is 1.93 bits per heavy atom. The molecule has 1 unspecified atom stereocenters. The first-order valence-corrected chi connectivity index (χ1v) is 10.2. The van der Waals surface area contributed by atoms with Gasteiger partial charge in [-0.2, -0.15) is 0 Å². The Morgan fingerprint density at radius 1 is 1.24 bits per heavy atom. The SMILES string of the molecule is CCNC(=NCC(c1ccc(OC)cc1)N1CCOCC1)NCCC(=O)N(C)C. The number of carbonyl (C=O) groups is 1. The van der Waals surface area contributed by atoms with Crippen LogP contribution in [0.2, 0.25) is 0 Å². The zero-order valence-electron chi connectivity index (χ0n) is 18.1. The molecule has 2 N–H and O–H groups in total. The fourth-order valence-corrected chi connectivity index (χ4v) is 3.18. The van der Waals surface area contributed by atoms with Crippen molar-refractivity contribution in [3.8, 4) is 5.75 Å². The van der Waals surface area contributed by atoms with Gasteiger partial charge in [-0.25, -0.2) is 0 Å². The fourth-order valence-electron chi connectivity index (χ4n) is 3.18. The second kappa shape index (κ2) is 12.3. The number of nitrogens with one attached hydrogen (secondary N) is 2. The van der Waals surface area contributed by atoms with E-state index in [9.17, 15) is 4.79 Å². The van der Waals surface area contributed by atoms with E-state index in [0.29, 0.717) is 19.5 Å². The molecule has 0 bridgehead atoms. The molecule has 1 atom stereocenters. The molecule has 0 radical (unpaired) electrons. The van der Waals surface area contributed by atoms with Gasteiger partial charge in [0.15, 0.2) is 5.96 Å². The number of ether oxygens (including phenoxy) is 2. The minimum atomic E-state index is 0.0952. The van der Waals surface area contributed by atoms with Crippen molar-refractivity contribution in [2.45, 2.75) is 19.4 Å². The van der Waals surface area contributed by atoms with E-state index >= 15 is 0 Å². The lowest BCUT2D eigenvalue weighted by molar-refractivity contribution is -0.128. The molecule has 1 heterocycles. The number of nitrogens with zero attached hydrogens (tertiary/aromatic N) is 3. The lowest BCUT2D eigenvalue weighted by atomic mass is 10.0. The Labute approximate surface area is 174 Å². The van der Waals surface area contributed by atoms with Crippen LogP contribution >= 0.6 is 0 Å². The molecule has 1 amide bonds. The van der Waals surface area contributed by atoms with Crippen LogP contribution < -0.4 is 15.4 Å². The average Bonchev–Trinajstić information content (AvgIpc) is 2.74. The van der Waals surface area contributed by atoms with Gasteiger partial charge in [0.05, 0.1) is 32.9 Å². The third-order valence-electron chi connectivity index (χ3n) is 4.88. The molecule has 8 heteroatoms. The van der Waals surface area contributed by atoms with Gasteiger partial charge in [0.25, 0.3) is 0 Å². The number of morpholine rings is 1. The lowest BCUT2D eigenvalue weighted by Gasteiger charge is -2.34. The number of amides is 1. The number of aliphatic imine (C=N–C) groups is 1. The average molecular weight is 406 g/mol. The molecule has 1 aromatic carbocycles. The van der Waals surface area contributed by atoms with Crippen molar-refractivity contribution in [3.63, 3.8) is 0 Å². The first-order valence-electron chi connectivity index (χ1n) is 10.2. The van der Waals surface area contributed by atoms with Gasteiger partial charge in [0.1, 0.15) is 5.75 Å². The highest BCUT2D eigenvalue weighted by Gasteiger charge is 2.22. The Bertz CT molecular complexity index is 642. The normalized spacial score (nSPS) is 16.2. The highest BCUT2D eigenvalue weighted by atomic mass is 16.5. The Hall–Kier alpha value is -2.32. The van der Waals surface area contributed by atoms with Crippen LogP contribution in [0.3, 0.4) is 0 Å². The first-order chi connectivity index (χ1) is 14.0. The monoisotopic (exact) mass is 405 g/mol. The molecule has 0 spiro atoms. The zero-order chi connectivity index (χ0) is 21.1. The maximum atomic E-state index is 11.8. The minimum absolute atomic E-state index is 0.0952. The van der Waals surface area contributed by atoms with Crippen molar-refractivity contribution < 1.29 is 14.3 Å². The van der Waals surface area contributed by atoms with Gasteiger partial charge >= 0.3 is 0 Å². The van der Waals surface area contributed by atoms with Crippen molar-refractivity contribution >= 4 is 11.9 Å². The summed E-state index contributed by atoms with van der Waals surface area (Å²) in [5.41, 5.74) is 1.20. The highest BCUT2D eigenvalue weighted by molar-refractivity contribution is 5.81. The summed E-state index contributed by atoms with van der Waals surface area (Å²) in [4.78, 5) is 20.6. The summed E-state index contributed by atoms with van der Waals surface area (Å²) in [6.07, 6.45) is 0.433. The summed E-state index contributed by atoms with van der Waals surface area (Å²) < 4.78 is 10.8. The third kappa shape index (κ3) is 7.55. The van der Waals surface area contributed by atoms with E-state index in [1.807, 2.05) is 19.1 Å². The number of hydrogen-bond acceptors (Lipinski definition) is 5. The molecule has 1 aromatic rings. The molecule has 162 valence electrons. The summed E-state index contributed by atoms with van der Waals surface area (Å²) in [5, 5.41) is 6.53. The van der Waals surface area contributed by atoms with E-state index < -0.39 is 0 Å². The summed E-state index contributed by atoms with van der Waals surface area (Å²) in [6, 6.07) is 8.34. The lowest BCUT2D eigenvalue weighted by Crippen LogP contribution is -2.42. The first kappa shape index (κ1) is 23.0.